The van der Waals surface area contributed by atoms with Gasteiger partial charge in [0.05, 0.1) is 28.5 Å². The third kappa shape index (κ3) is 5.09. The normalized spacial score (nSPS) is 10.8. The minimum absolute atomic E-state index is 0.0491. The summed E-state index contributed by atoms with van der Waals surface area (Å²) in [6.45, 7) is -0.370. The molecule has 4 aromatic carbocycles. The van der Waals surface area contributed by atoms with Gasteiger partial charge >= 0.3 is 0 Å². The molecule has 5 N–H and O–H groups in total. The van der Waals surface area contributed by atoms with Crippen LogP contribution in [0.15, 0.2) is 110 Å². The molecule has 9 heteroatoms. The highest BCUT2D eigenvalue weighted by Crippen LogP contribution is 2.27. The van der Waals surface area contributed by atoms with Crippen molar-refractivity contribution in [1.82, 2.24) is 0 Å². The number of rotatable bonds is 3. The Labute approximate surface area is 225 Å². The molecule has 0 aliphatic heterocycles. The standard InChI is InChI=1S/C16H12O5.C15H10O4/c17-7-10-5-12-15(6-14(10)19)21-8-13(16(12)20)9-1-3-11(18)4-2-9;16-10-3-1-9(2-4-10)13-8-19-14-7-11(17)5-6-12(14)15(13)18/h1-6,8,17-19H,7H2;1-8,16-17H. The lowest BCUT2D eigenvalue weighted by molar-refractivity contribution is 0.275. The summed E-state index contributed by atoms with van der Waals surface area (Å²) in [6.07, 6.45) is 2.67. The summed E-state index contributed by atoms with van der Waals surface area (Å²) < 4.78 is 10.8. The molecule has 0 radical (unpaired) electrons. The van der Waals surface area contributed by atoms with Crippen molar-refractivity contribution in [3.63, 3.8) is 0 Å². The number of phenolic OH excluding ortho intramolecular Hbond substituents is 3. The van der Waals surface area contributed by atoms with Crippen molar-refractivity contribution in [3.8, 4) is 45.3 Å². The molecule has 40 heavy (non-hydrogen) atoms. The van der Waals surface area contributed by atoms with E-state index in [1.54, 1.807) is 24.3 Å². The van der Waals surface area contributed by atoms with Gasteiger partial charge in [0.25, 0.3) is 0 Å². The Kier molecular flexibility index (Phi) is 6.96. The summed E-state index contributed by atoms with van der Waals surface area (Å²) in [7, 11) is 0. The summed E-state index contributed by atoms with van der Waals surface area (Å²) in [4.78, 5) is 24.8. The molecule has 6 rings (SSSR count). The third-order valence-corrected chi connectivity index (χ3v) is 6.26. The van der Waals surface area contributed by atoms with E-state index in [1.807, 2.05) is 0 Å². The quantitative estimate of drug-likeness (QED) is 0.203. The van der Waals surface area contributed by atoms with Crippen molar-refractivity contribution >= 4 is 21.9 Å². The lowest BCUT2D eigenvalue weighted by atomic mass is 10.0. The average Bonchev–Trinajstić information content (AvgIpc) is 2.95. The predicted molar refractivity (Wildman–Crippen MR) is 148 cm³/mol. The second-order valence-electron chi connectivity index (χ2n) is 8.87. The molecule has 0 amide bonds. The molecule has 0 fully saturated rings. The topological polar surface area (TPSA) is 162 Å². The third-order valence-electron chi connectivity index (χ3n) is 6.26. The lowest BCUT2D eigenvalue weighted by Crippen LogP contribution is -2.05. The molecule has 2 heterocycles. The summed E-state index contributed by atoms with van der Waals surface area (Å²) in [5.74, 6) is 0.175. The molecule has 0 atom stereocenters. The Hall–Kier alpha value is -5.54. The molecule has 0 spiro atoms. The van der Waals surface area contributed by atoms with Gasteiger partial charge in [0.15, 0.2) is 5.43 Å². The highest BCUT2D eigenvalue weighted by atomic mass is 16.3. The zero-order chi connectivity index (χ0) is 28.4. The van der Waals surface area contributed by atoms with Crippen molar-refractivity contribution < 1.29 is 34.4 Å². The van der Waals surface area contributed by atoms with E-state index in [0.29, 0.717) is 33.2 Å². The minimum Gasteiger partial charge on any atom is -0.508 e. The van der Waals surface area contributed by atoms with Crippen molar-refractivity contribution in [3.05, 3.63) is 117 Å². The van der Waals surface area contributed by atoms with Gasteiger partial charge in [-0.2, -0.15) is 0 Å². The van der Waals surface area contributed by atoms with Gasteiger partial charge in [-0.05, 0) is 53.6 Å². The molecular weight excluding hydrogens is 516 g/mol. The molecular formula is C31H22O9. The molecule has 0 bridgehead atoms. The van der Waals surface area contributed by atoms with Crippen LogP contribution in [0, 0.1) is 0 Å². The van der Waals surface area contributed by atoms with Gasteiger partial charge in [0, 0.05) is 17.7 Å². The van der Waals surface area contributed by atoms with E-state index in [4.69, 9.17) is 13.9 Å². The van der Waals surface area contributed by atoms with Crippen molar-refractivity contribution in [2.24, 2.45) is 0 Å². The summed E-state index contributed by atoms with van der Waals surface area (Å²) in [5.41, 5.74) is 2.45. The van der Waals surface area contributed by atoms with Crippen LogP contribution in [0.2, 0.25) is 0 Å². The van der Waals surface area contributed by atoms with Crippen LogP contribution in [0.4, 0.5) is 0 Å². The molecule has 0 saturated heterocycles. The van der Waals surface area contributed by atoms with Gasteiger partial charge in [-0.25, -0.2) is 0 Å². The lowest BCUT2D eigenvalue weighted by Gasteiger charge is -2.06. The zero-order valence-electron chi connectivity index (χ0n) is 20.7. The number of benzene rings is 4. The fourth-order valence-electron chi connectivity index (χ4n) is 4.13. The molecule has 0 aliphatic rings. The summed E-state index contributed by atoms with van der Waals surface area (Å²) >= 11 is 0. The summed E-state index contributed by atoms with van der Waals surface area (Å²) in [5, 5.41) is 47.4. The first-order valence-corrected chi connectivity index (χ1v) is 12.0. The first kappa shape index (κ1) is 26.1. The fraction of sp³-hybridized carbons (Fsp3) is 0.0323. The van der Waals surface area contributed by atoms with Gasteiger partial charge in [-0.3, -0.25) is 9.59 Å². The van der Waals surface area contributed by atoms with E-state index in [9.17, 15) is 30.0 Å². The van der Waals surface area contributed by atoms with E-state index in [0.717, 1.165) is 0 Å². The van der Waals surface area contributed by atoms with E-state index < -0.39 is 0 Å². The van der Waals surface area contributed by atoms with Crippen molar-refractivity contribution in [2.45, 2.75) is 6.61 Å². The average molecular weight is 539 g/mol. The van der Waals surface area contributed by atoms with Crippen LogP contribution in [0.5, 0.6) is 23.0 Å². The summed E-state index contributed by atoms with van der Waals surface area (Å²) in [6, 6.07) is 19.6. The maximum Gasteiger partial charge on any atom is 0.200 e. The maximum atomic E-state index is 12.5. The number of hydrogen-bond acceptors (Lipinski definition) is 9. The van der Waals surface area contributed by atoms with Crippen LogP contribution in [-0.2, 0) is 6.61 Å². The molecule has 6 aromatic rings. The maximum absolute atomic E-state index is 12.5. The molecule has 9 nitrogen and oxygen atoms in total. The van der Waals surface area contributed by atoms with Crippen molar-refractivity contribution in [1.29, 1.82) is 0 Å². The van der Waals surface area contributed by atoms with E-state index in [2.05, 4.69) is 0 Å². The first-order valence-electron chi connectivity index (χ1n) is 12.0. The number of aromatic hydroxyl groups is 4. The number of aliphatic hydroxyl groups is 1. The monoisotopic (exact) mass is 538 g/mol. The highest BCUT2D eigenvalue weighted by molar-refractivity contribution is 5.84. The Morgan fingerprint density at radius 1 is 0.550 bits per heavy atom. The number of phenols is 4. The van der Waals surface area contributed by atoms with Gasteiger partial charge in [-0.1, -0.05) is 24.3 Å². The van der Waals surface area contributed by atoms with Crippen LogP contribution in [-0.4, -0.2) is 25.5 Å². The molecule has 2 aromatic heterocycles. The molecule has 200 valence electrons. The van der Waals surface area contributed by atoms with Gasteiger partial charge < -0.3 is 34.4 Å². The Balaban J connectivity index is 0.000000162. The smallest absolute Gasteiger partial charge is 0.200 e. The minimum atomic E-state index is -0.370. The Morgan fingerprint density at radius 3 is 1.55 bits per heavy atom. The van der Waals surface area contributed by atoms with Crippen LogP contribution in [0.3, 0.4) is 0 Å². The molecule has 0 unspecified atom stereocenters. The van der Waals surface area contributed by atoms with Gasteiger partial charge in [0.2, 0.25) is 5.43 Å². The van der Waals surface area contributed by atoms with E-state index >= 15 is 0 Å². The second kappa shape index (κ2) is 10.7. The largest absolute Gasteiger partial charge is 0.508 e. The zero-order valence-corrected chi connectivity index (χ0v) is 20.7. The van der Waals surface area contributed by atoms with E-state index in [1.165, 1.54) is 67.1 Å². The highest BCUT2D eigenvalue weighted by Gasteiger charge is 2.13. The Bertz CT molecular complexity index is 1950. The predicted octanol–water partition coefficient (Wildman–Crippen LogP) is 5.23. The first-order chi connectivity index (χ1) is 19.2. The second-order valence-corrected chi connectivity index (χ2v) is 8.87. The van der Waals surface area contributed by atoms with Crippen LogP contribution in [0.25, 0.3) is 44.2 Å². The number of fused-ring (bicyclic) bond motifs is 2. The van der Waals surface area contributed by atoms with Gasteiger partial charge in [0.1, 0.15) is 46.7 Å². The van der Waals surface area contributed by atoms with Gasteiger partial charge in [-0.15, -0.1) is 0 Å². The van der Waals surface area contributed by atoms with Crippen LogP contribution >= 0.6 is 0 Å². The molecule has 0 aliphatic carbocycles. The number of hydrogen-bond donors (Lipinski definition) is 5. The fourth-order valence-corrected chi connectivity index (χ4v) is 4.13. The van der Waals surface area contributed by atoms with Crippen LogP contribution in [0.1, 0.15) is 5.56 Å². The Morgan fingerprint density at radius 2 is 1.02 bits per heavy atom. The number of aliphatic hydroxyl groups excluding tert-OH is 1. The van der Waals surface area contributed by atoms with Crippen LogP contribution < -0.4 is 10.9 Å². The van der Waals surface area contributed by atoms with Crippen molar-refractivity contribution in [2.75, 3.05) is 0 Å². The SMILES string of the molecule is O=c1c(-c2ccc(O)cc2)coc2cc(O)c(CO)cc12.O=c1c(-c2ccc(O)cc2)coc2cc(O)ccc12. The van der Waals surface area contributed by atoms with E-state index in [-0.39, 0.29) is 57.0 Å². The molecule has 0 saturated carbocycles.